The average molecular weight is 356 g/mol. The Balaban J connectivity index is 1.80. The third kappa shape index (κ3) is 3.18. The van der Waals surface area contributed by atoms with Crippen LogP contribution >= 0.6 is 0 Å². The molecule has 0 saturated heterocycles. The van der Waals surface area contributed by atoms with E-state index in [1.54, 1.807) is 19.9 Å². The van der Waals surface area contributed by atoms with E-state index in [9.17, 15) is 4.39 Å². The van der Waals surface area contributed by atoms with Crippen molar-refractivity contribution in [2.24, 2.45) is 7.05 Å². The van der Waals surface area contributed by atoms with Gasteiger partial charge in [0.15, 0.2) is 5.82 Å². The SMILES string of the molecule is Cc1nc(C#Cc2nc(-c3ccccc3)cn2C)c2ccc(F)c(C)c2n1. The van der Waals surface area contributed by atoms with Crippen molar-refractivity contribution >= 4 is 10.9 Å². The van der Waals surface area contributed by atoms with Crippen molar-refractivity contribution in [3.63, 3.8) is 0 Å². The van der Waals surface area contributed by atoms with Gasteiger partial charge in [-0.3, -0.25) is 0 Å². The standard InChI is InChI=1S/C22H17FN4/c1-14-18(23)10-9-17-19(24-15(2)25-22(14)17)11-12-21-26-20(13-27(21)3)16-7-5-4-6-8-16/h4-10,13H,1-3H3. The Morgan fingerprint density at radius 2 is 1.70 bits per heavy atom. The molecule has 0 radical (unpaired) electrons. The van der Waals surface area contributed by atoms with E-state index in [1.807, 2.05) is 48.1 Å². The van der Waals surface area contributed by atoms with Crippen LogP contribution in [0.15, 0.2) is 48.7 Å². The van der Waals surface area contributed by atoms with Crippen LogP contribution in [0.3, 0.4) is 0 Å². The van der Waals surface area contributed by atoms with Gasteiger partial charge < -0.3 is 4.57 Å². The van der Waals surface area contributed by atoms with Crippen molar-refractivity contribution in [2.75, 3.05) is 0 Å². The fourth-order valence-corrected chi connectivity index (χ4v) is 2.96. The molecule has 0 aliphatic heterocycles. The molecule has 2 aromatic heterocycles. The van der Waals surface area contributed by atoms with Crippen molar-refractivity contribution in [3.05, 3.63) is 77.4 Å². The van der Waals surface area contributed by atoms with Crippen molar-refractivity contribution in [2.45, 2.75) is 13.8 Å². The van der Waals surface area contributed by atoms with E-state index in [-0.39, 0.29) is 5.82 Å². The molecule has 0 aliphatic carbocycles. The van der Waals surface area contributed by atoms with E-state index in [0.29, 0.717) is 28.4 Å². The molecule has 132 valence electrons. The Kier molecular flexibility index (Phi) is 4.17. The van der Waals surface area contributed by atoms with E-state index in [4.69, 9.17) is 0 Å². The second-order valence-corrected chi connectivity index (χ2v) is 6.36. The second-order valence-electron chi connectivity index (χ2n) is 6.36. The minimum atomic E-state index is -0.281. The van der Waals surface area contributed by atoms with Gasteiger partial charge in [-0.05, 0) is 37.8 Å². The number of benzene rings is 2. The molecule has 0 N–H and O–H groups in total. The second kappa shape index (κ2) is 6.65. The molecule has 4 aromatic rings. The molecule has 0 atom stereocenters. The van der Waals surface area contributed by atoms with E-state index < -0.39 is 0 Å². The number of rotatable bonds is 1. The maximum absolute atomic E-state index is 13.9. The highest BCUT2D eigenvalue weighted by Gasteiger charge is 2.10. The molecule has 2 heterocycles. The molecular formula is C22H17FN4. The fraction of sp³-hybridized carbons (Fsp3) is 0.136. The molecule has 2 aromatic carbocycles. The van der Waals surface area contributed by atoms with Crippen LogP contribution in [-0.4, -0.2) is 19.5 Å². The maximum atomic E-state index is 13.9. The van der Waals surface area contributed by atoms with Gasteiger partial charge in [0.2, 0.25) is 0 Å². The summed E-state index contributed by atoms with van der Waals surface area (Å²) in [7, 11) is 1.91. The maximum Gasteiger partial charge on any atom is 0.186 e. The summed E-state index contributed by atoms with van der Waals surface area (Å²) in [6.07, 6.45) is 1.95. The molecule has 0 amide bonds. The Bertz CT molecular complexity index is 1210. The predicted molar refractivity (Wildman–Crippen MR) is 104 cm³/mol. The lowest BCUT2D eigenvalue weighted by Crippen LogP contribution is -1.98. The van der Waals surface area contributed by atoms with Crippen LogP contribution in [-0.2, 0) is 7.05 Å². The molecule has 5 heteroatoms. The minimum Gasteiger partial charge on any atom is -0.327 e. The zero-order valence-corrected chi connectivity index (χ0v) is 15.3. The Morgan fingerprint density at radius 1 is 0.926 bits per heavy atom. The zero-order chi connectivity index (χ0) is 19.0. The van der Waals surface area contributed by atoms with E-state index in [2.05, 4.69) is 26.8 Å². The molecule has 4 rings (SSSR count). The molecule has 0 unspecified atom stereocenters. The topological polar surface area (TPSA) is 43.6 Å². The lowest BCUT2D eigenvalue weighted by Gasteiger charge is -2.05. The Labute approximate surface area is 156 Å². The van der Waals surface area contributed by atoms with Gasteiger partial charge in [-0.25, -0.2) is 19.3 Å². The summed E-state index contributed by atoms with van der Waals surface area (Å²) in [5.41, 5.74) is 3.57. The summed E-state index contributed by atoms with van der Waals surface area (Å²) in [5, 5.41) is 0.740. The first kappa shape index (κ1) is 16.9. The number of nitrogens with zero attached hydrogens (tertiary/aromatic N) is 4. The molecule has 0 bridgehead atoms. The van der Waals surface area contributed by atoms with Crippen LogP contribution in [0.1, 0.15) is 22.9 Å². The van der Waals surface area contributed by atoms with Crippen molar-refractivity contribution < 1.29 is 4.39 Å². The summed E-state index contributed by atoms with van der Waals surface area (Å²) in [5.74, 6) is 7.10. The number of fused-ring (bicyclic) bond motifs is 1. The van der Waals surface area contributed by atoms with Gasteiger partial charge in [0, 0.05) is 29.8 Å². The number of halogens is 1. The smallest absolute Gasteiger partial charge is 0.186 e. The van der Waals surface area contributed by atoms with Gasteiger partial charge >= 0.3 is 0 Å². The summed E-state index contributed by atoms with van der Waals surface area (Å²) >= 11 is 0. The van der Waals surface area contributed by atoms with Crippen molar-refractivity contribution in [1.29, 1.82) is 0 Å². The summed E-state index contributed by atoms with van der Waals surface area (Å²) < 4.78 is 15.8. The van der Waals surface area contributed by atoms with Gasteiger partial charge in [0.05, 0.1) is 11.2 Å². The van der Waals surface area contributed by atoms with Crippen LogP contribution in [0.4, 0.5) is 4.39 Å². The Hall–Kier alpha value is -3.52. The van der Waals surface area contributed by atoms with E-state index >= 15 is 0 Å². The van der Waals surface area contributed by atoms with Crippen LogP contribution in [0.25, 0.3) is 22.2 Å². The normalized spacial score (nSPS) is 10.7. The molecule has 0 aliphatic rings. The highest BCUT2D eigenvalue weighted by Crippen LogP contribution is 2.22. The highest BCUT2D eigenvalue weighted by molar-refractivity contribution is 5.86. The summed E-state index contributed by atoms with van der Waals surface area (Å²) in [6, 6.07) is 13.1. The minimum absolute atomic E-state index is 0.281. The first-order chi connectivity index (χ1) is 13.0. The van der Waals surface area contributed by atoms with Crippen LogP contribution < -0.4 is 0 Å². The van der Waals surface area contributed by atoms with Crippen LogP contribution in [0.2, 0.25) is 0 Å². The van der Waals surface area contributed by atoms with E-state index in [0.717, 1.165) is 16.6 Å². The molecule has 0 fully saturated rings. The van der Waals surface area contributed by atoms with Gasteiger partial charge in [-0.15, -0.1) is 0 Å². The largest absolute Gasteiger partial charge is 0.327 e. The first-order valence-electron chi connectivity index (χ1n) is 8.57. The van der Waals surface area contributed by atoms with Crippen molar-refractivity contribution in [3.8, 4) is 23.1 Å². The van der Waals surface area contributed by atoms with Gasteiger partial charge in [0.25, 0.3) is 0 Å². The third-order valence-electron chi connectivity index (χ3n) is 4.41. The quantitative estimate of drug-likeness (QED) is 0.481. The summed E-state index contributed by atoms with van der Waals surface area (Å²) in [4.78, 5) is 13.4. The molecule has 0 spiro atoms. The molecule has 4 nitrogen and oxygen atoms in total. The zero-order valence-electron chi connectivity index (χ0n) is 15.3. The third-order valence-corrected chi connectivity index (χ3v) is 4.41. The van der Waals surface area contributed by atoms with Gasteiger partial charge in [-0.1, -0.05) is 30.3 Å². The highest BCUT2D eigenvalue weighted by atomic mass is 19.1. The molecular weight excluding hydrogens is 339 g/mol. The number of hydrogen-bond acceptors (Lipinski definition) is 3. The fourth-order valence-electron chi connectivity index (χ4n) is 2.96. The first-order valence-corrected chi connectivity index (χ1v) is 8.57. The van der Waals surface area contributed by atoms with Crippen LogP contribution in [0.5, 0.6) is 0 Å². The number of aromatic nitrogens is 4. The number of aryl methyl sites for hydroxylation is 3. The van der Waals surface area contributed by atoms with E-state index in [1.165, 1.54) is 6.07 Å². The average Bonchev–Trinajstić information content (AvgIpc) is 3.04. The lowest BCUT2D eigenvalue weighted by atomic mass is 10.1. The van der Waals surface area contributed by atoms with Gasteiger partial charge in [0.1, 0.15) is 17.3 Å². The predicted octanol–water partition coefficient (Wildman–Crippen LogP) is 4.19. The van der Waals surface area contributed by atoms with Gasteiger partial charge in [-0.2, -0.15) is 0 Å². The number of imidazole rings is 1. The summed E-state index contributed by atoms with van der Waals surface area (Å²) in [6.45, 7) is 3.50. The number of hydrogen-bond donors (Lipinski definition) is 0. The molecule has 27 heavy (non-hydrogen) atoms. The molecule has 0 saturated carbocycles. The van der Waals surface area contributed by atoms with Crippen LogP contribution in [0, 0.1) is 31.5 Å². The lowest BCUT2D eigenvalue weighted by molar-refractivity contribution is 0.620. The Morgan fingerprint density at radius 3 is 2.48 bits per heavy atom. The van der Waals surface area contributed by atoms with Crippen molar-refractivity contribution in [1.82, 2.24) is 19.5 Å². The monoisotopic (exact) mass is 356 g/mol.